The smallest absolute Gasteiger partial charge is 0.222 e. The molecule has 4 heteroatoms. The van der Waals surface area contributed by atoms with Crippen molar-refractivity contribution in [3.63, 3.8) is 0 Å². The maximum atomic E-state index is 4.21. The normalized spacial score (nSPS) is 12.1. The molecule has 2 N–H and O–H groups in total. The monoisotopic (exact) mass is 270 g/mol. The SMILES string of the molecule is CNc1ncc(CN[C@H](C)CCc2ccccc2)cn1. The highest BCUT2D eigenvalue weighted by molar-refractivity contribution is 5.23. The van der Waals surface area contributed by atoms with E-state index in [9.17, 15) is 0 Å². The van der Waals surface area contributed by atoms with Crippen molar-refractivity contribution < 1.29 is 0 Å². The van der Waals surface area contributed by atoms with E-state index in [1.807, 2.05) is 19.4 Å². The summed E-state index contributed by atoms with van der Waals surface area (Å²) >= 11 is 0. The number of nitrogens with zero attached hydrogens (tertiary/aromatic N) is 2. The number of aromatic nitrogens is 2. The average Bonchev–Trinajstić information content (AvgIpc) is 2.52. The van der Waals surface area contributed by atoms with Crippen LogP contribution < -0.4 is 10.6 Å². The fourth-order valence-electron chi connectivity index (χ4n) is 2.00. The zero-order valence-corrected chi connectivity index (χ0v) is 12.1. The van der Waals surface area contributed by atoms with Crippen LogP contribution >= 0.6 is 0 Å². The number of benzene rings is 1. The van der Waals surface area contributed by atoms with Gasteiger partial charge in [-0.2, -0.15) is 0 Å². The van der Waals surface area contributed by atoms with Gasteiger partial charge in [-0.15, -0.1) is 0 Å². The maximum Gasteiger partial charge on any atom is 0.222 e. The molecule has 1 aromatic heterocycles. The molecule has 0 fully saturated rings. The lowest BCUT2D eigenvalue weighted by Gasteiger charge is -2.13. The minimum absolute atomic E-state index is 0.471. The summed E-state index contributed by atoms with van der Waals surface area (Å²) in [7, 11) is 1.82. The Bertz CT molecular complexity index is 496. The third-order valence-corrected chi connectivity index (χ3v) is 3.29. The van der Waals surface area contributed by atoms with Gasteiger partial charge in [-0.3, -0.25) is 0 Å². The van der Waals surface area contributed by atoms with E-state index in [2.05, 4.69) is 57.9 Å². The summed E-state index contributed by atoms with van der Waals surface area (Å²) < 4.78 is 0. The van der Waals surface area contributed by atoms with E-state index in [1.165, 1.54) is 5.56 Å². The summed E-state index contributed by atoms with van der Waals surface area (Å²) in [4.78, 5) is 8.41. The molecule has 1 aromatic carbocycles. The van der Waals surface area contributed by atoms with E-state index in [-0.39, 0.29) is 0 Å². The Balaban J connectivity index is 1.73. The molecule has 4 nitrogen and oxygen atoms in total. The minimum Gasteiger partial charge on any atom is -0.357 e. The van der Waals surface area contributed by atoms with E-state index < -0.39 is 0 Å². The highest BCUT2D eigenvalue weighted by Crippen LogP contribution is 2.06. The number of rotatable bonds is 7. The second-order valence-electron chi connectivity index (χ2n) is 4.97. The minimum atomic E-state index is 0.471. The molecule has 2 rings (SSSR count). The van der Waals surface area contributed by atoms with Crippen molar-refractivity contribution in [1.29, 1.82) is 0 Å². The molecule has 0 amide bonds. The molecular formula is C16H22N4. The van der Waals surface area contributed by atoms with Crippen LogP contribution in [0.15, 0.2) is 42.7 Å². The molecule has 0 bridgehead atoms. The van der Waals surface area contributed by atoms with Crippen LogP contribution in [0, 0.1) is 0 Å². The lowest BCUT2D eigenvalue weighted by Crippen LogP contribution is -2.26. The summed E-state index contributed by atoms with van der Waals surface area (Å²) in [6, 6.07) is 11.1. The Morgan fingerprint density at radius 1 is 1.05 bits per heavy atom. The van der Waals surface area contributed by atoms with Crippen molar-refractivity contribution in [1.82, 2.24) is 15.3 Å². The highest BCUT2D eigenvalue weighted by atomic mass is 15.1. The predicted octanol–water partition coefficient (Wildman–Crippen LogP) is 2.63. The molecule has 0 aliphatic heterocycles. The molecule has 2 aromatic rings. The highest BCUT2D eigenvalue weighted by Gasteiger charge is 2.03. The van der Waals surface area contributed by atoms with Gasteiger partial charge in [0.2, 0.25) is 5.95 Å². The van der Waals surface area contributed by atoms with Crippen LogP contribution in [0.2, 0.25) is 0 Å². The molecule has 0 saturated carbocycles. The van der Waals surface area contributed by atoms with Gasteiger partial charge in [-0.25, -0.2) is 9.97 Å². The lowest BCUT2D eigenvalue weighted by molar-refractivity contribution is 0.513. The van der Waals surface area contributed by atoms with Crippen LogP contribution in [-0.2, 0) is 13.0 Å². The van der Waals surface area contributed by atoms with Crippen LogP contribution in [0.3, 0.4) is 0 Å². The largest absolute Gasteiger partial charge is 0.357 e. The van der Waals surface area contributed by atoms with Gasteiger partial charge in [-0.05, 0) is 25.3 Å². The van der Waals surface area contributed by atoms with Crippen molar-refractivity contribution in [3.8, 4) is 0 Å². The molecule has 1 heterocycles. The molecule has 20 heavy (non-hydrogen) atoms. The summed E-state index contributed by atoms with van der Waals surface area (Å²) in [5, 5.41) is 6.42. The first-order chi connectivity index (χ1) is 9.78. The molecule has 0 radical (unpaired) electrons. The summed E-state index contributed by atoms with van der Waals surface area (Å²) in [5.41, 5.74) is 2.50. The standard InChI is InChI=1S/C16H22N4/c1-13(8-9-14-6-4-3-5-7-14)18-10-15-11-19-16(17-2)20-12-15/h3-7,11-13,18H,8-10H2,1-2H3,(H,17,19,20)/t13-/m1/s1. The predicted molar refractivity (Wildman–Crippen MR) is 82.6 cm³/mol. The zero-order valence-electron chi connectivity index (χ0n) is 12.1. The fourth-order valence-corrected chi connectivity index (χ4v) is 2.00. The van der Waals surface area contributed by atoms with Gasteiger partial charge in [0.05, 0.1) is 0 Å². The van der Waals surface area contributed by atoms with Crippen LogP contribution in [0.4, 0.5) is 5.95 Å². The first-order valence-corrected chi connectivity index (χ1v) is 7.04. The van der Waals surface area contributed by atoms with Crippen LogP contribution in [0.25, 0.3) is 0 Å². The summed E-state index contributed by atoms with van der Waals surface area (Å²) in [6.45, 7) is 3.02. The molecule has 106 valence electrons. The topological polar surface area (TPSA) is 49.8 Å². The lowest BCUT2D eigenvalue weighted by atomic mass is 10.1. The van der Waals surface area contributed by atoms with Gasteiger partial charge in [0.1, 0.15) is 0 Å². The number of anilines is 1. The Labute approximate surface area is 120 Å². The van der Waals surface area contributed by atoms with Crippen molar-refractivity contribution in [2.24, 2.45) is 0 Å². The van der Waals surface area contributed by atoms with Crippen molar-refractivity contribution in [2.45, 2.75) is 32.4 Å². The van der Waals surface area contributed by atoms with Gasteiger partial charge in [-0.1, -0.05) is 30.3 Å². The molecule has 0 aliphatic carbocycles. The zero-order chi connectivity index (χ0) is 14.2. The number of hydrogen-bond acceptors (Lipinski definition) is 4. The van der Waals surface area contributed by atoms with E-state index in [4.69, 9.17) is 0 Å². The van der Waals surface area contributed by atoms with E-state index in [0.29, 0.717) is 12.0 Å². The van der Waals surface area contributed by atoms with Crippen LogP contribution in [0.1, 0.15) is 24.5 Å². The Morgan fingerprint density at radius 3 is 2.40 bits per heavy atom. The second kappa shape index (κ2) is 7.60. The van der Waals surface area contributed by atoms with Gasteiger partial charge >= 0.3 is 0 Å². The fraction of sp³-hybridized carbons (Fsp3) is 0.375. The van der Waals surface area contributed by atoms with Crippen molar-refractivity contribution in [3.05, 3.63) is 53.9 Å². The van der Waals surface area contributed by atoms with Gasteiger partial charge in [0.25, 0.3) is 0 Å². The van der Waals surface area contributed by atoms with E-state index in [0.717, 1.165) is 24.9 Å². The number of aryl methyl sites for hydroxylation is 1. The quantitative estimate of drug-likeness (QED) is 0.812. The van der Waals surface area contributed by atoms with Crippen LogP contribution in [-0.4, -0.2) is 23.1 Å². The molecule has 1 atom stereocenters. The Kier molecular flexibility index (Phi) is 5.50. The van der Waals surface area contributed by atoms with Crippen molar-refractivity contribution >= 4 is 5.95 Å². The maximum absolute atomic E-state index is 4.21. The van der Waals surface area contributed by atoms with E-state index in [1.54, 1.807) is 0 Å². The molecule has 0 spiro atoms. The summed E-state index contributed by atoms with van der Waals surface area (Å²) in [6.07, 6.45) is 5.94. The first kappa shape index (κ1) is 14.5. The molecule has 0 unspecified atom stereocenters. The van der Waals surface area contributed by atoms with Crippen LogP contribution in [0.5, 0.6) is 0 Å². The molecule has 0 saturated heterocycles. The Morgan fingerprint density at radius 2 is 1.75 bits per heavy atom. The van der Waals surface area contributed by atoms with Gasteiger partial charge < -0.3 is 10.6 Å². The summed E-state index contributed by atoms with van der Waals surface area (Å²) in [5.74, 6) is 0.658. The number of hydrogen-bond donors (Lipinski definition) is 2. The molecular weight excluding hydrogens is 248 g/mol. The van der Waals surface area contributed by atoms with Crippen molar-refractivity contribution in [2.75, 3.05) is 12.4 Å². The average molecular weight is 270 g/mol. The van der Waals surface area contributed by atoms with Gasteiger partial charge in [0, 0.05) is 37.6 Å². The van der Waals surface area contributed by atoms with E-state index >= 15 is 0 Å². The third kappa shape index (κ3) is 4.63. The first-order valence-electron chi connectivity index (χ1n) is 7.04. The number of nitrogens with one attached hydrogen (secondary N) is 2. The van der Waals surface area contributed by atoms with Gasteiger partial charge in [0.15, 0.2) is 0 Å². The Hall–Kier alpha value is -1.94. The second-order valence-corrected chi connectivity index (χ2v) is 4.97. The third-order valence-electron chi connectivity index (χ3n) is 3.29. The molecule has 0 aliphatic rings.